The summed E-state index contributed by atoms with van der Waals surface area (Å²) in [5.41, 5.74) is 3.05. The second-order valence-corrected chi connectivity index (χ2v) is 5.86. The molecule has 0 bridgehead atoms. The second kappa shape index (κ2) is 8.97. The van der Waals surface area contributed by atoms with E-state index in [1.807, 2.05) is 36.4 Å². The van der Waals surface area contributed by atoms with Crippen molar-refractivity contribution in [3.63, 3.8) is 0 Å². The van der Waals surface area contributed by atoms with Crippen molar-refractivity contribution in [2.45, 2.75) is 19.7 Å². The standard InChI is InChI=1S/C21H21FN2O2/c1-25-21-12-17(14-24-13-16-7-9-23-10-8-16)5-6-20(21)26-15-18-3-2-4-19(22)11-18/h2-12,24H,13-15H2,1H3. The van der Waals surface area contributed by atoms with Gasteiger partial charge in [-0.3, -0.25) is 4.98 Å². The van der Waals surface area contributed by atoms with Crippen LogP contribution in [0.5, 0.6) is 11.5 Å². The van der Waals surface area contributed by atoms with E-state index in [0.29, 0.717) is 18.0 Å². The van der Waals surface area contributed by atoms with Crippen LogP contribution in [0.2, 0.25) is 0 Å². The van der Waals surface area contributed by atoms with Crippen LogP contribution < -0.4 is 14.8 Å². The van der Waals surface area contributed by atoms with Crippen LogP contribution in [0.3, 0.4) is 0 Å². The van der Waals surface area contributed by atoms with Crippen molar-refractivity contribution in [1.29, 1.82) is 0 Å². The third-order valence-corrected chi connectivity index (χ3v) is 3.92. The molecule has 0 radical (unpaired) electrons. The number of rotatable bonds is 8. The van der Waals surface area contributed by atoms with Gasteiger partial charge in [-0.05, 0) is 53.1 Å². The average molecular weight is 352 g/mol. The Morgan fingerprint density at radius 2 is 1.69 bits per heavy atom. The molecular formula is C21H21FN2O2. The number of aromatic nitrogens is 1. The zero-order valence-electron chi connectivity index (χ0n) is 14.6. The van der Waals surface area contributed by atoms with Gasteiger partial charge in [0.15, 0.2) is 11.5 Å². The van der Waals surface area contributed by atoms with Gasteiger partial charge in [0.25, 0.3) is 0 Å². The van der Waals surface area contributed by atoms with Gasteiger partial charge in [-0.2, -0.15) is 0 Å². The largest absolute Gasteiger partial charge is 0.493 e. The zero-order valence-corrected chi connectivity index (χ0v) is 14.6. The van der Waals surface area contributed by atoms with E-state index >= 15 is 0 Å². The Hall–Kier alpha value is -2.92. The predicted molar refractivity (Wildman–Crippen MR) is 98.5 cm³/mol. The molecule has 1 heterocycles. The van der Waals surface area contributed by atoms with E-state index in [9.17, 15) is 4.39 Å². The number of ether oxygens (including phenoxy) is 2. The van der Waals surface area contributed by atoms with Gasteiger partial charge in [0.2, 0.25) is 0 Å². The van der Waals surface area contributed by atoms with Gasteiger partial charge in [-0.1, -0.05) is 18.2 Å². The van der Waals surface area contributed by atoms with E-state index in [0.717, 1.165) is 17.7 Å². The second-order valence-electron chi connectivity index (χ2n) is 5.86. The molecule has 0 fully saturated rings. The van der Waals surface area contributed by atoms with Crippen molar-refractivity contribution in [1.82, 2.24) is 10.3 Å². The van der Waals surface area contributed by atoms with Crippen molar-refractivity contribution in [2.24, 2.45) is 0 Å². The molecule has 0 aliphatic heterocycles. The van der Waals surface area contributed by atoms with Gasteiger partial charge in [-0.15, -0.1) is 0 Å². The predicted octanol–water partition coefficient (Wildman–Crippen LogP) is 4.10. The molecule has 0 spiro atoms. The van der Waals surface area contributed by atoms with Crippen molar-refractivity contribution in [3.05, 3.63) is 89.5 Å². The third kappa shape index (κ3) is 5.04. The monoisotopic (exact) mass is 352 g/mol. The highest BCUT2D eigenvalue weighted by molar-refractivity contribution is 5.43. The van der Waals surface area contributed by atoms with Gasteiger partial charge in [0, 0.05) is 25.5 Å². The SMILES string of the molecule is COc1cc(CNCc2ccncc2)ccc1OCc1cccc(F)c1. The summed E-state index contributed by atoms with van der Waals surface area (Å²) < 4.78 is 24.4. The van der Waals surface area contributed by atoms with Crippen molar-refractivity contribution < 1.29 is 13.9 Å². The maximum Gasteiger partial charge on any atom is 0.161 e. The summed E-state index contributed by atoms with van der Waals surface area (Å²) in [7, 11) is 1.61. The first-order valence-corrected chi connectivity index (χ1v) is 8.38. The lowest BCUT2D eigenvalue weighted by molar-refractivity contribution is 0.284. The van der Waals surface area contributed by atoms with Crippen LogP contribution in [0, 0.1) is 5.82 Å². The molecule has 1 aromatic heterocycles. The molecule has 5 heteroatoms. The minimum atomic E-state index is -0.270. The number of nitrogens with zero attached hydrogens (tertiary/aromatic N) is 1. The van der Waals surface area contributed by atoms with E-state index in [-0.39, 0.29) is 12.4 Å². The van der Waals surface area contributed by atoms with Crippen LogP contribution in [0.4, 0.5) is 4.39 Å². The Kier molecular flexibility index (Phi) is 6.17. The molecule has 0 saturated carbocycles. The number of nitrogens with one attached hydrogen (secondary N) is 1. The molecule has 3 aromatic rings. The smallest absolute Gasteiger partial charge is 0.161 e. The molecule has 2 aromatic carbocycles. The fourth-order valence-corrected chi connectivity index (χ4v) is 2.58. The number of halogens is 1. The fraction of sp³-hybridized carbons (Fsp3) is 0.190. The summed E-state index contributed by atoms with van der Waals surface area (Å²) in [5, 5.41) is 3.39. The zero-order chi connectivity index (χ0) is 18.2. The number of hydrogen-bond acceptors (Lipinski definition) is 4. The van der Waals surface area contributed by atoms with Crippen molar-refractivity contribution in [2.75, 3.05) is 7.11 Å². The van der Waals surface area contributed by atoms with Crippen LogP contribution in [-0.4, -0.2) is 12.1 Å². The number of benzene rings is 2. The third-order valence-electron chi connectivity index (χ3n) is 3.92. The Bertz CT molecular complexity index is 840. The van der Waals surface area contributed by atoms with E-state index in [1.54, 1.807) is 25.6 Å². The van der Waals surface area contributed by atoms with Crippen LogP contribution in [0.1, 0.15) is 16.7 Å². The number of pyridine rings is 1. The Labute approximate surface area is 152 Å². The summed E-state index contributed by atoms with van der Waals surface area (Å²) in [6, 6.07) is 16.1. The maximum atomic E-state index is 13.2. The van der Waals surface area contributed by atoms with Gasteiger partial charge < -0.3 is 14.8 Å². The molecular weight excluding hydrogens is 331 g/mol. The minimum absolute atomic E-state index is 0.270. The van der Waals surface area contributed by atoms with E-state index in [4.69, 9.17) is 9.47 Å². The topological polar surface area (TPSA) is 43.4 Å². The van der Waals surface area contributed by atoms with E-state index < -0.39 is 0 Å². The number of methoxy groups -OCH3 is 1. The first-order valence-electron chi connectivity index (χ1n) is 8.38. The Morgan fingerprint density at radius 3 is 2.46 bits per heavy atom. The van der Waals surface area contributed by atoms with Gasteiger partial charge >= 0.3 is 0 Å². The molecule has 0 unspecified atom stereocenters. The molecule has 4 nitrogen and oxygen atoms in total. The quantitative estimate of drug-likeness (QED) is 0.663. The highest BCUT2D eigenvalue weighted by Gasteiger charge is 2.07. The minimum Gasteiger partial charge on any atom is -0.493 e. The molecule has 0 amide bonds. The van der Waals surface area contributed by atoms with Crippen LogP contribution in [0.15, 0.2) is 67.0 Å². The van der Waals surface area contributed by atoms with Crippen molar-refractivity contribution in [3.8, 4) is 11.5 Å². The van der Waals surface area contributed by atoms with E-state index in [2.05, 4.69) is 10.3 Å². The van der Waals surface area contributed by atoms with Crippen LogP contribution in [-0.2, 0) is 19.7 Å². The summed E-state index contributed by atoms with van der Waals surface area (Å²) >= 11 is 0. The molecule has 0 aliphatic carbocycles. The summed E-state index contributed by atoms with van der Waals surface area (Å²) in [6.07, 6.45) is 3.57. The van der Waals surface area contributed by atoms with Crippen molar-refractivity contribution >= 4 is 0 Å². The summed E-state index contributed by atoms with van der Waals surface area (Å²) in [4.78, 5) is 4.01. The first-order chi connectivity index (χ1) is 12.7. The highest BCUT2D eigenvalue weighted by Crippen LogP contribution is 2.29. The molecule has 0 saturated heterocycles. The summed E-state index contributed by atoms with van der Waals surface area (Å²) in [6.45, 7) is 1.76. The lowest BCUT2D eigenvalue weighted by Crippen LogP contribution is -2.12. The molecule has 3 rings (SSSR count). The lowest BCUT2D eigenvalue weighted by Gasteiger charge is -2.13. The molecule has 0 atom stereocenters. The van der Waals surface area contributed by atoms with E-state index in [1.165, 1.54) is 17.7 Å². The number of hydrogen-bond donors (Lipinski definition) is 1. The Morgan fingerprint density at radius 1 is 0.885 bits per heavy atom. The highest BCUT2D eigenvalue weighted by atomic mass is 19.1. The summed E-state index contributed by atoms with van der Waals surface area (Å²) in [5.74, 6) is 1.02. The molecule has 26 heavy (non-hydrogen) atoms. The van der Waals surface area contributed by atoms with Crippen LogP contribution >= 0.6 is 0 Å². The lowest BCUT2D eigenvalue weighted by atomic mass is 10.2. The molecule has 134 valence electrons. The van der Waals surface area contributed by atoms with Gasteiger partial charge in [0.05, 0.1) is 7.11 Å². The van der Waals surface area contributed by atoms with Gasteiger partial charge in [0.1, 0.15) is 12.4 Å². The van der Waals surface area contributed by atoms with Gasteiger partial charge in [-0.25, -0.2) is 4.39 Å². The average Bonchev–Trinajstić information content (AvgIpc) is 2.67. The fourth-order valence-electron chi connectivity index (χ4n) is 2.58. The Balaban J connectivity index is 1.58. The first kappa shape index (κ1) is 17.9. The normalized spacial score (nSPS) is 10.5. The molecule has 0 aliphatic rings. The maximum absolute atomic E-state index is 13.2. The van der Waals surface area contributed by atoms with Crippen LogP contribution in [0.25, 0.3) is 0 Å². The molecule has 1 N–H and O–H groups in total.